The average Bonchev–Trinajstić information content (AvgIpc) is 3.55. The molecule has 2 atom stereocenters. The number of carbonyl (C=O) groups excluding carboxylic acids is 1. The zero-order valence-corrected chi connectivity index (χ0v) is 20.2. The van der Waals surface area contributed by atoms with E-state index in [0.717, 1.165) is 30.7 Å². The molecule has 0 radical (unpaired) electrons. The van der Waals surface area contributed by atoms with Crippen LogP contribution in [-0.2, 0) is 10.0 Å². The molecule has 1 saturated carbocycles. The van der Waals surface area contributed by atoms with Crippen LogP contribution in [0.15, 0.2) is 53.4 Å². The Morgan fingerprint density at radius 3 is 2.44 bits per heavy atom. The van der Waals surface area contributed by atoms with Crippen molar-refractivity contribution in [3.63, 3.8) is 0 Å². The van der Waals surface area contributed by atoms with E-state index in [2.05, 4.69) is 34.3 Å². The van der Waals surface area contributed by atoms with Crippen molar-refractivity contribution in [2.45, 2.75) is 43.9 Å². The Balaban J connectivity index is 1.29. The lowest BCUT2D eigenvalue weighted by Crippen LogP contribution is -2.42. The minimum Gasteiger partial charge on any atom is -0.322 e. The Morgan fingerprint density at radius 2 is 1.76 bits per heavy atom. The summed E-state index contributed by atoms with van der Waals surface area (Å²) >= 11 is 0. The number of carbonyl (C=O) groups is 1. The number of nitrogens with one attached hydrogen (secondary N) is 2. The molecule has 1 aromatic heterocycles. The summed E-state index contributed by atoms with van der Waals surface area (Å²) in [5, 5.41) is 10.1. The van der Waals surface area contributed by atoms with Gasteiger partial charge < -0.3 is 5.32 Å². The van der Waals surface area contributed by atoms with Crippen LogP contribution in [0.25, 0.3) is 11.4 Å². The van der Waals surface area contributed by atoms with Crippen LogP contribution in [0.4, 0.5) is 5.69 Å². The van der Waals surface area contributed by atoms with Crippen molar-refractivity contribution in [3.8, 4) is 11.4 Å². The van der Waals surface area contributed by atoms with E-state index in [1.54, 1.807) is 34.6 Å². The Hall–Kier alpha value is -3.04. The number of benzene rings is 2. The highest BCUT2D eigenvalue weighted by Gasteiger charge is 2.32. The third-order valence-corrected chi connectivity index (χ3v) is 8.26. The highest BCUT2D eigenvalue weighted by atomic mass is 32.2. The highest BCUT2D eigenvalue weighted by Crippen LogP contribution is 2.38. The summed E-state index contributed by atoms with van der Waals surface area (Å²) in [4.78, 5) is 17.6. The molecule has 9 heteroatoms. The van der Waals surface area contributed by atoms with Crippen molar-refractivity contribution < 1.29 is 13.2 Å². The van der Waals surface area contributed by atoms with Gasteiger partial charge in [0.25, 0.3) is 5.91 Å². The number of nitrogens with zero attached hydrogens (tertiary/aromatic N) is 3. The second-order valence-corrected chi connectivity index (χ2v) is 11.6. The quantitative estimate of drug-likeness (QED) is 0.549. The van der Waals surface area contributed by atoms with Crippen LogP contribution in [0.1, 0.15) is 55.2 Å². The third kappa shape index (κ3) is 4.76. The van der Waals surface area contributed by atoms with Gasteiger partial charge >= 0.3 is 0 Å². The molecule has 2 N–H and O–H groups in total. The van der Waals surface area contributed by atoms with Gasteiger partial charge in [0.1, 0.15) is 5.82 Å². The molecule has 3 aromatic rings. The maximum absolute atomic E-state index is 13.2. The summed E-state index contributed by atoms with van der Waals surface area (Å²) < 4.78 is 28.0. The largest absolute Gasteiger partial charge is 0.322 e. The zero-order chi connectivity index (χ0) is 23.9. The van der Waals surface area contributed by atoms with Crippen molar-refractivity contribution in [2.75, 3.05) is 18.4 Å². The topological polar surface area (TPSA) is 108 Å². The predicted molar refractivity (Wildman–Crippen MR) is 130 cm³/mol. The molecule has 1 aliphatic carbocycles. The van der Waals surface area contributed by atoms with Crippen molar-refractivity contribution in [2.24, 2.45) is 11.8 Å². The van der Waals surface area contributed by atoms with Gasteiger partial charge in [-0.25, -0.2) is 13.4 Å². The summed E-state index contributed by atoms with van der Waals surface area (Å²) in [6.45, 7) is 5.15. The van der Waals surface area contributed by atoms with E-state index in [0.29, 0.717) is 47.9 Å². The number of sulfonamides is 1. The van der Waals surface area contributed by atoms with Gasteiger partial charge in [0.05, 0.1) is 4.90 Å². The van der Waals surface area contributed by atoms with E-state index in [9.17, 15) is 13.2 Å². The summed E-state index contributed by atoms with van der Waals surface area (Å²) in [6.07, 6.45) is 3.32. The van der Waals surface area contributed by atoms with E-state index in [-0.39, 0.29) is 10.8 Å². The minimum absolute atomic E-state index is 0.146. The lowest BCUT2D eigenvalue weighted by atomic mass is 9.94. The highest BCUT2D eigenvalue weighted by molar-refractivity contribution is 7.89. The summed E-state index contributed by atoms with van der Waals surface area (Å²) in [5.41, 5.74) is 1.77. The molecule has 2 fully saturated rings. The SMILES string of the molecule is CC1CC(C)CN(S(=O)(=O)c2cccc(C(=O)Nc3ccc(-c4n[nH]c(C5CC5)n4)cc3)c2)C1. The fourth-order valence-electron chi connectivity index (χ4n) is 4.60. The first-order valence-electron chi connectivity index (χ1n) is 11.7. The van der Waals surface area contributed by atoms with E-state index >= 15 is 0 Å². The number of H-pyrrole nitrogens is 1. The predicted octanol–water partition coefficient (Wildman–Crippen LogP) is 4.27. The average molecular weight is 480 g/mol. The number of aromatic nitrogens is 3. The Kier molecular flexibility index (Phi) is 5.99. The molecule has 0 bridgehead atoms. The monoisotopic (exact) mass is 479 g/mol. The third-order valence-electron chi connectivity index (χ3n) is 6.44. The molecule has 0 spiro atoms. The van der Waals surface area contributed by atoms with E-state index in [1.165, 1.54) is 6.07 Å². The molecule has 1 saturated heterocycles. The summed E-state index contributed by atoms with van der Waals surface area (Å²) in [7, 11) is -3.66. The first-order valence-corrected chi connectivity index (χ1v) is 13.2. The minimum atomic E-state index is -3.66. The molecule has 178 valence electrons. The van der Waals surface area contributed by atoms with Gasteiger partial charge in [0.15, 0.2) is 5.82 Å². The smallest absolute Gasteiger partial charge is 0.255 e. The molecular weight excluding hydrogens is 450 g/mol. The molecule has 2 heterocycles. The first kappa shape index (κ1) is 22.7. The number of hydrogen-bond acceptors (Lipinski definition) is 5. The van der Waals surface area contributed by atoms with Crippen molar-refractivity contribution in [1.82, 2.24) is 19.5 Å². The van der Waals surface area contributed by atoms with Gasteiger partial charge in [-0.1, -0.05) is 19.9 Å². The molecule has 2 unspecified atom stereocenters. The molecule has 34 heavy (non-hydrogen) atoms. The van der Waals surface area contributed by atoms with Gasteiger partial charge in [0.2, 0.25) is 10.0 Å². The molecule has 1 aliphatic heterocycles. The fraction of sp³-hybridized carbons (Fsp3) is 0.400. The number of anilines is 1. The number of aromatic amines is 1. The fourth-order valence-corrected chi connectivity index (χ4v) is 6.32. The van der Waals surface area contributed by atoms with Gasteiger partial charge in [-0.05, 0) is 73.6 Å². The zero-order valence-electron chi connectivity index (χ0n) is 19.4. The molecule has 8 nitrogen and oxygen atoms in total. The summed E-state index contributed by atoms with van der Waals surface area (Å²) in [6, 6.07) is 13.5. The van der Waals surface area contributed by atoms with Crippen LogP contribution in [0.2, 0.25) is 0 Å². The number of rotatable bonds is 6. The van der Waals surface area contributed by atoms with Gasteiger partial charge in [-0.15, -0.1) is 0 Å². The van der Waals surface area contributed by atoms with Gasteiger partial charge in [-0.3, -0.25) is 9.89 Å². The number of hydrogen-bond donors (Lipinski definition) is 2. The molecule has 2 aliphatic rings. The van der Waals surface area contributed by atoms with Crippen LogP contribution < -0.4 is 5.32 Å². The number of amides is 1. The Morgan fingerprint density at radius 1 is 1.06 bits per heavy atom. The van der Waals surface area contributed by atoms with Gasteiger partial charge in [0, 0.05) is 35.8 Å². The summed E-state index contributed by atoms with van der Waals surface area (Å²) in [5.74, 6) is 2.32. The standard InChI is InChI=1S/C25H29N5O3S/c1-16-12-17(2)15-30(14-16)34(32,33)22-5-3-4-20(13-22)25(31)26-21-10-8-19(9-11-21)24-27-23(28-29-24)18-6-7-18/h3-5,8-11,13,16-18H,6-7,12,14-15H2,1-2H3,(H,26,31)(H,27,28,29). The molecule has 5 rings (SSSR count). The van der Waals surface area contributed by atoms with Crippen LogP contribution in [0.3, 0.4) is 0 Å². The maximum atomic E-state index is 13.2. The van der Waals surface area contributed by atoms with E-state index in [1.807, 2.05) is 12.1 Å². The van der Waals surface area contributed by atoms with E-state index < -0.39 is 10.0 Å². The van der Waals surface area contributed by atoms with E-state index in [4.69, 9.17) is 0 Å². The Labute approximate surface area is 199 Å². The maximum Gasteiger partial charge on any atom is 0.255 e. The van der Waals surface area contributed by atoms with Crippen LogP contribution in [0, 0.1) is 11.8 Å². The van der Waals surface area contributed by atoms with Crippen molar-refractivity contribution in [1.29, 1.82) is 0 Å². The second-order valence-electron chi connectivity index (χ2n) is 9.65. The van der Waals surface area contributed by atoms with Crippen molar-refractivity contribution in [3.05, 3.63) is 59.9 Å². The van der Waals surface area contributed by atoms with Crippen LogP contribution >= 0.6 is 0 Å². The van der Waals surface area contributed by atoms with Crippen LogP contribution in [-0.4, -0.2) is 46.9 Å². The number of piperidine rings is 1. The second kappa shape index (κ2) is 8.96. The lowest BCUT2D eigenvalue weighted by Gasteiger charge is -2.34. The molecule has 2 aromatic carbocycles. The Bertz CT molecular complexity index is 1290. The molecule has 1 amide bonds. The normalized spacial score (nSPS) is 21.4. The van der Waals surface area contributed by atoms with Crippen LogP contribution in [0.5, 0.6) is 0 Å². The lowest BCUT2D eigenvalue weighted by molar-refractivity contribution is 0.102. The first-order chi connectivity index (χ1) is 16.3. The van der Waals surface area contributed by atoms with Crippen molar-refractivity contribution >= 4 is 21.6 Å². The molecular formula is C25H29N5O3S. The van der Waals surface area contributed by atoms with Gasteiger partial charge in [-0.2, -0.15) is 9.40 Å².